The van der Waals surface area contributed by atoms with Crippen LogP contribution in [0.2, 0.25) is 0 Å². The molecule has 0 radical (unpaired) electrons. The van der Waals surface area contributed by atoms with Crippen molar-refractivity contribution >= 4 is 0 Å². The van der Waals surface area contributed by atoms with E-state index in [1.807, 2.05) is 43.3 Å². The molecule has 1 heterocycles. The lowest BCUT2D eigenvalue weighted by Gasteiger charge is -2.09. The van der Waals surface area contributed by atoms with E-state index >= 15 is 0 Å². The average Bonchev–Trinajstić information content (AvgIpc) is 2.35. The molecule has 1 aromatic carbocycles. The van der Waals surface area contributed by atoms with Crippen LogP contribution in [-0.4, -0.2) is 16.7 Å². The second-order valence-electron chi connectivity index (χ2n) is 3.86. The Labute approximate surface area is 101 Å². The fourth-order valence-electron chi connectivity index (χ4n) is 1.56. The van der Waals surface area contributed by atoms with Gasteiger partial charge in [0.2, 0.25) is 5.88 Å². The molecule has 0 saturated carbocycles. The monoisotopic (exact) mass is 229 g/mol. The van der Waals surface area contributed by atoms with Gasteiger partial charge >= 0.3 is 0 Å². The zero-order chi connectivity index (χ0) is 12.1. The van der Waals surface area contributed by atoms with E-state index < -0.39 is 0 Å². The summed E-state index contributed by atoms with van der Waals surface area (Å²) in [5.74, 6) is 1.32. The molecule has 1 N–H and O–H groups in total. The molecular formula is C14H15NO2. The van der Waals surface area contributed by atoms with Crippen LogP contribution in [0.25, 0.3) is 0 Å². The highest BCUT2D eigenvalue weighted by atomic mass is 16.5. The van der Waals surface area contributed by atoms with Crippen LogP contribution < -0.4 is 4.74 Å². The van der Waals surface area contributed by atoms with Gasteiger partial charge in [-0.3, -0.25) is 0 Å². The minimum absolute atomic E-state index is 0.113. The molecule has 0 aliphatic heterocycles. The van der Waals surface area contributed by atoms with E-state index in [1.54, 1.807) is 6.20 Å². The molecule has 2 rings (SSSR count). The number of pyridine rings is 1. The zero-order valence-corrected chi connectivity index (χ0v) is 9.76. The molecule has 1 aromatic heterocycles. The molecule has 0 bridgehead atoms. The number of hydrogen-bond donors (Lipinski definition) is 1. The second kappa shape index (κ2) is 5.46. The summed E-state index contributed by atoms with van der Waals surface area (Å²) in [4.78, 5) is 4.19. The van der Waals surface area contributed by atoms with Gasteiger partial charge in [-0.25, -0.2) is 4.98 Å². The number of ether oxygens (including phenoxy) is 1. The van der Waals surface area contributed by atoms with Gasteiger partial charge in [-0.05, 0) is 30.5 Å². The first-order valence-electron chi connectivity index (χ1n) is 5.59. The van der Waals surface area contributed by atoms with E-state index in [0.717, 1.165) is 16.9 Å². The first kappa shape index (κ1) is 11.6. The van der Waals surface area contributed by atoms with Gasteiger partial charge in [-0.2, -0.15) is 0 Å². The van der Waals surface area contributed by atoms with Gasteiger partial charge in [-0.1, -0.05) is 24.3 Å². The van der Waals surface area contributed by atoms with E-state index in [0.29, 0.717) is 12.3 Å². The Kier molecular flexibility index (Phi) is 3.73. The quantitative estimate of drug-likeness (QED) is 0.876. The van der Waals surface area contributed by atoms with Crippen LogP contribution in [0.15, 0.2) is 42.6 Å². The van der Waals surface area contributed by atoms with Crippen molar-refractivity contribution in [1.29, 1.82) is 0 Å². The molecule has 0 aliphatic rings. The van der Waals surface area contributed by atoms with Crippen molar-refractivity contribution in [2.75, 3.05) is 6.61 Å². The maximum atomic E-state index is 8.98. The first-order valence-corrected chi connectivity index (χ1v) is 5.59. The fourth-order valence-corrected chi connectivity index (χ4v) is 1.56. The van der Waals surface area contributed by atoms with Crippen LogP contribution >= 0.6 is 0 Å². The highest BCUT2D eigenvalue weighted by molar-refractivity contribution is 5.36. The molecule has 0 aliphatic carbocycles. The SMILES string of the molecule is Cc1ccc(Oc2ccccc2CCO)nc1. The van der Waals surface area contributed by atoms with Crippen LogP contribution in [0.4, 0.5) is 0 Å². The number of para-hydroxylation sites is 1. The Hall–Kier alpha value is -1.87. The predicted octanol–water partition coefficient (Wildman–Crippen LogP) is 2.72. The molecule has 0 spiro atoms. The van der Waals surface area contributed by atoms with Crippen LogP contribution in [0.5, 0.6) is 11.6 Å². The van der Waals surface area contributed by atoms with E-state index in [-0.39, 0.29) is 6.61 Å². The van der Waals surface area contributed by atoms with Crippen molar-refractivity contribution in [1.82, 2.24) is 4.98 Å². The fraction of sp³-hybridized carbons (Fsp3) is 0.214. The standard InChI is InChI=1S/C14H15NO2/c1-11-6-7-14(15-10-11)17-13-5-3-2-4-12(13)8-9-16/h2-7,10,16H,8-9H2,1H3. The van der Waals surface area contributed by atoms with Gasteiger partial charge in [0, 0.05) is 18.9 Å². The minimum Gasteiger partial charge on any atom is -0.439 e. The number of rotatable bonds is 4. The topological polar surface area (TPSA) is 42.4 Å². The number of aryl methyl sites for hydroxylation is 1. The highest BCUT2D eigenvalue weighted by Crippen LogP contribution is 2.24. The van der Waals surface area contributed by atoms with E-state index in [9.17, 15) is 0 Å². The maximum absolute atomic E-state index is 8.98. The third-order valence-corrected chi connectivity index (χ3v) is 2.45. The Balaban J connectivity index is 2.20. The summed E-state index contributed by atoms with van der Waals surface area (Å²) in [6.07, 6.45) is 2.35. The van der Waals surface area contributed by atoms with Gasteiger partial charge in [0.25, 0.3) is 0 Å². The van der Waals surface area contributed by atoms with Gasteiger partial charge in [-0.15, -0.1) is 0 Å². The lowest BCUT2D eigenvalue weighted by Crippen LogP contribution is -1.96. The van der Waals surface area contributed by atoms with E-state index in [1.165, 1.54) is 0 Å². The first-order chi connectivity index (χ1) is 8.29. The van der Waals surface area contributed by atoms with Crippen molar-refractivity contribution in [2.24, 2.45) is 0 Å². The van der Waals surface area contributed by atoms with Crippen molar-refractivity contribution < 1.29 is 9.84 Å². The summed E-state index contributed by atoms with van der Waals surface area (Å²) < 4.78 is 5.69. The van der Waals surface area contributed by atoms with Crippen LogP contribution in [0, 0.1) is 6.92 Å². The minimum atomic E-state index is 0.113. The summed E-state index contributed by atoms with van der Waals surface area (Å²) in [6.45, 7) is 2.10. The Bertz CT molecular complexity index is 480. The van der Waals surface area contributed by atoms with Gasteiger partial charge in [0.1, 0.15) is 5.75 Å². The van der Waals surface area contributed by atoms with E-state index in [2.05, 4.69) is 4.98 Å². The smallest absolute Gasteiger partial charge is 0.219 e. The maximum Gasteiger partial charge on any atom is 0.219 e. The largest absolute Gasteiger partial charge is 0.439 e. The molecule has 3 nitrogen and oxygen atoms in total. The molecular weight excluding hydrogens is 214 g/mol. The van der Waals surface area contributed by atoms with Gasteiger partial charge in [0.15, 0.2) is 0 Å². The lowest BCUT2D eigenvalue weighted by molar-refractivity contribution is 0.297. The summed E-state index contributed by atoms with van der Waals surface area (Å²) in [5, 5.41) is 8.98. The number of aromatic nitrogens is 1. The molecule has 0 fully saturated rings. The Morgan fingerprint density at radius 3 is 2.71 bits per heavy atom. The van der Waals surface area contributed by atoms with Gasteiger partial charge < -0.3 is 9.84 Å². The van der Waals surface area contributed by atoms with Crippen LogP contribution in [0.1, 0.15) is 11.1 Å². The molecule has 3 heteroatoms. The highest BCUT2D eigenvalue weighted by Gasteiger charge is 2.04. The molecule has 17 heavy (non-hydrogen) atoms. The Morgan fingerprint density at radius 2 is 2.00 bits per heavy atom. The molecule has 0 saturated heterocycles. The number of nitrogens with zero attached hydrogens (tertiary/aromatic N) is 1. The third-order valence-electron chi connectivity index (χ3n) is 2.45. The van der Waals surface area contributed by atoms with Crippen LogP contribution in [0.3, 0.4) is 0 Å². The van der Waals surface area contributed by atoms with Crippen molar-refractivity contribution in [3.63, 3.8) is 0 Å². The molecule has 88 valence electrons. The summed E-state index contributed by atoms with van der Waals surface area (Å²) in [5.41, 5.74) is 2.08. The zero-order valence-electron chi connectivity index (χ0n) is 9.76. The Morgan fingerprint density at radius 1 is 1.18 bits per heavy atom. The predicted molar refractivity (Wildman–Crippen MR) is 66.3 cm³/mol. The summed E-state index contributed by atoms with van der Waals surface area (Å²) in [6, 6.07) is 11.5. The number of aliphatic hydroxyl groups excluding tert-OH is 1. The van der Waals surface area contributed by atoms with Crippen molar-refractivity contribution in [3.05, 3.63) is 53.7 Å². The third kappa shape index (κ3) is 3.04. The average molecular weight is 229 g/mol. The summed E-state index contributed by atoms with van der Waals surface area (Å²) in [7, 11) is 0. The van der Waals surface area contributed by atoms with Crippen molar-refractivity contribution in [2.45, 2.75) is 13.3 Å². The molecule has 0 amide bonds. The van der Waals surface area contributed by atoms with Crippen molar-refractivity contribution in [3.8, 4) is 11.6 Å². The number of hydrogen-bond acceptors (Lipinski definition) is 3. The lowest BCUT2D eigenvalue weighted by atomic mass is 10.1. The normalized spacial score (nSPS) is 10.2. The molecule has 0 atom stereocenters. The summed E-state index contributed by atoms with van der Waals surface area (Å²) >= 11 is 0. The second-order valence-corrected chi connectivity index (χ2v) is 3.86. The molecule has 2 aromatic rings. The molecule has 0 unspecified atom stereocenters. The van der Waals surface area contributed by atoms with Crippen LogP contribution in [-0.2, 0) is 6.42 Å². The number of benzene rings is 1. The number of aliphatic hydroxyl groups is 1. The van der Waals surface area contributed by atoms with Gasteiger partial charge in [0.05, 0.1) is 0 Å². The van der Waals surface area contributed by atoms with E-state index in [4.69, 9.17) is 9.84 Å².